The van der Waals surface area contributed by atoms with Crippen molar-refractivity contribution in [3.05, 3.63) is 41.5 Å². The van der Waals surface area contributed by atoms with Gasteiger partial charge in [0.05, 0.1) is 5.25 Å². The molecule has 1 aliphatic rings. The van der Waals surface area contributed by atoms with E-state index in [2.05, 4.69) is 20.4 Å². The molecule has 1 aliphatic carbocycles. The SMILES string of the molecule is Cc1ccc(-c2nnc([C@H](C)Sc3nnc(C4CC4)n3N)o2)cc1. The van der Waals surface area contributed by atoms with Gasteiger partial charge >= 0.3 is 0 Å². The molecule has 0 saturated heterocycles. The largest absolute Gasteiger partial charge is 0.419 e. The third kappa shape index (κ3) is 2.89. The average Bonchev–Trinajstić information content (AvgIpc) is 3.18. The van der Waals surface area contributed by atoms with E-state index < -0.39 is 0 Å². The Kier molecular flexibility index (Phi) is 3.76. The Hall–Kier alpha value is -2.35. The van der Waals surface area contributed by atoms with Gasteiger partial charge in [-0.25, -0.2) is 4.68 Å². The predicted molar refractivity (Wildman–Crippen MR) is 90.9 cm³/mol. The van der Waals surface area contributed by atoms with Crippen molar-refractivity contribution in [2.24, 2.45) is 0 Å². The molecule has 1 aromatic carbocycles. The maximum atomic E-state index is 6.09. The van der Waals surface area contributed by atoms with Crippen LogP contribution >= 0.6 is 11.8 Å². The highest BCUT2D eigenvalue weighted by atomic mass is 32.2. The van der Waals surface area contributed by atoms with E-state index in [1.165, 1.54) is 17.3 Å². The van der Waals surface area contributed by atoms with Crippen molar-refractivity contribution in [1.82, 2.24) is 25.1 Å². The zero-order valence-electron chi connectivity index (χ0n) is 13.5. The van der Waals surface area contributed by atoms with Crippen LogP contribution in [0.25, 0.3) is 11.5 Å². The van der Waals surface area contributed by atoms with Crippen LogP contribution in [0.1, 0.15) is 48.2 Å². The van der Waals surface area contributed by atoms with Gasteiger partial charge < -0.3 is 10.3 Å². The highest BCUT2D eigenvalue weighted by Crippen LogP contribution is 2.40. The molecule has 2 aromatic heterocycles. The molecule has 1 fully saturated rings. The first kappa shape index (κ1) is 15.2. The number of nitrogens with zero attached hydrogens (tertiary/aromatic N) is 5. The Morgan fingerprint density at radius 3 is 2.62 bits per heavy atom. The molecule has 0 radical (unpaired) electrons. The van der Waals surface area contributed by atoms with Gasteiger partial charge in [-0.05, 0) is 38.8 Å². The first-order valence-corrected chi connectivity index (χ1v) is 8.77. The van der Waals surface area contributed by atoms with E-state index in [4.69, 9.17) is 10.3 Å². The normalized spacial score (nSPS) is 15.6. The number of thioether (sulfide) groups is 1. The van der Waals surface area contributed by atoms with Crippen LogP contribution in [0.3, 0.4) is 0 Å². The lowest BCUT2D eigenvalue weighted by molar-refractivity contribution is 0.508. The summed E-state index contributed by atoms with van der Waals surface area (Å²) in [6, 6.07) is 7.99. The fourth-order valence-corrected chi connectivity index (χ4v) is 3.22. The molecular weight excluding hydrogens is 324 g/mol. The Morgan fingerprint density at radius 1 is 1.17 bits per heavy atom. The predicted octanol–water partition coefficient (Wildman–Crippen LogP) is 3.08. The number of aromatic nitrogens is 5. The van der Waals surface area contributed by atoms with Gasteiger partial charge in [-0.1, -0.05) is 29.5 Å². The van der Waals surface area contributed by atoms with E-state index in [0.717, 1.165) is 24.2 Å². The Balaban J connectivity index is 1.50. The van der Waals surface area contributed by atoms with Crippen LogP contribution in [0.4, 0.5) is 0 Å². The number of nitrogen functional groups attached to an aromatic ring is 1. The van der Waals surface area contributed by atoms with Gasteiger partial charge in [-0.3, -0.25) is 0 Å². The van der Waals surface area contributed by atoms with E-state index in [0.29, 0.717) is 22.9 Å². The molecule has 3 aromatic rings. The molecule has 8 heteroatoms. The lowest BCUT2D eigenvalue weighted by Gasteiger charge is -2.06. The van der Waals surface area contributed by atoms with Gasteiger partial charge in [-0.15, -0.1) is 20.4 Å². The van der Waals surface area contributed by atoms with Crippen LogP contribution in [-0.4, -0.2) is 25.1 Å². The number of hydrogen-bond acceptors (Lipinski definition) is 7. The van der Waals surface area contributed by atoms with E-state index in [1.807, 2.05) is 38.1 Å². The van der Waals surface area contributed by atoms with E-state index in [9.17, 15) is 0 Å². The molecule has 124 valence electrons. The van der Waals surface area contributed by atoms with Crippen LogP contribution < -0.4 is 5.84 Å². The maximum absolute atomic E-state index is 6.09. The molecule has 1 saturated carbocycles. The molecule has 2 heterocycles. The standard InChI is InChI=1S/C16H18N6OS/c1-9-3-5-12(6-4-9)15-20-19-14(23-15)10(2)24-16-21-18-13(22(16)17)11-7-8-11/h3-6,10-11H,7-8,17H2,1-2H3/t10-/m0/s1. The van der Waals surface area contributed by atoms with Crippen molar-refractivity contribution in [1.29, 1.82) is 0 Å². The summed E-state index contributed by atoms with van der Waals surface area (Å²) >= 11 is 1.47. The summed E-state index contributed by atoms with van der Waals surface area (Å²) < 4.78 is 7.39. The van der Waals surface area contributed by atoms with Crippen molar-refractivity contribution in [2.45, 2.75) is 43.0 Å². The van der Waals surface area contributed by atoms with Crippen molar-refractivity contribution < 1.29 is 4.42 Å². The topological polar surface area (TPSA) is 95.7 Å². The molecule has 0 spiro atoms. The Morgan fingerprint density at radius 2 is 1.92 bits per heavy atom. The van der Waals surface area contributed by atoms with Crippen LogP contribution in [0.2, 0.25) is 0 Å². The summed E-state index contributed by atoms with van der Waals surface area (Å²) in [6.45, 7) is 4.03. The summed E-state index contributed by atoms with van der Waals surface area (Å²) in [6.07, 6.45) is 2.28. The Bertz CT molecular complexity index is 852. The zero-order valence-corrected chi connectivity index (χ0v) is 14.3. The second kappa shape index (κ2) is 5.94. The van der Waals surface area contributed by atoms with Gasteiger partial charge in [0, 0.05) is 11.5 Å². The molecule has 24 heavy (non-hydrogen) atoms. The number of benzene rings is 1. The number of aryl methyl sites for hydroxylation is 1. The molecule has 2 N–H and O–H groups in total. The smallest absolute Gasteiger partial charge is 0.247 e. The third-order valence-electron chi connectivity index (χ3n) is 4.00. The van der Waals surface area contributed by atoms with Gasteiger partial charge in [0.25, 0.3) is 0 Å². The van der Waals surface area contributed by atoms with Crippen molar-refractivity contribution in [2.75, 3.05) is 5.84 Å². The second-order valence-corrected chi connectivity index (χ2v) is 7.36. The second-order valence-electron chi connectivity index (χ2n) is 6.06. The molecule has 0 bridgehead atoms. The van der Waals surface area contributed by atoms with E-state index in [-0.39, 0.29) is 5.25 Å². The van der Waals surface area contributed by atoms with Crippen LogP contribution in [0.5, 0.6) is 0 Å². The van der Waals surface area contributed by atoms with Gasteiger partial charge in [0.1, 0.15) is 0 Å². The van der Waals surface area contributed by atoms with Crippen LogP contribution in [0, 0.1) is 6.92 Å². The number of hydrogen-bond donors (Lipinski definition) is 1. The van der Waals surface area contributed by atoms with Crippen molar-refractivity contribution >= 4 is 11.8 Å². The summed E-state index contributed by atoms with van der Waals surface area (Å²) in [5.74, 6) is 8.47. The van der Waals surface area contributed by atoms with Gasteiger partial charge in [0.15, 0.2) is 5.82 Å². The lowest BCUT2D eigenvalue weighted by atomic mass is 10.1. The summed E-state index contributed by atoms with van der Waals surface area (Å²) in [5, 5.41) is 17.3. The zero-order chi connectivity index (χ0) is 16.7. The lowest BCUT2D eigenvalue weighted by Crippen LogP contribution is -2.13. The van der Waals surface area contributed by atoms with Crippen LogP contribution in [-0.2, 0) is 0 Å². The first-order chi connectivity index (χ1) is 11.6. The molecular formula is C16H18N6OS. The van der Waals surface area contributed by atoms with Gasteiger partial charge in [-0.2, -0.15) is 0 Å². The number of rotatable bonds is 5. The maximum Gasteiger partial charge on any atom is 0.247 e. The van der Waals surface area contributed by atoms with Crippen molar-refractivity contribution in [3.63, 3.8) is 0 Å². The number of nitrogens with two attached hydrogens (primary N) is 1. The third-order valence-corrected chi connectivity index (χ3v) is 5.05. The molecule has 0 aliphatic heterocycles. The van der Waals surface area contributed by atoms with E-state index >= 15 is 0 Å². The summed E-state index contributed by atoms with van der Waals surface area (Å²) in [7, 11) is 0. The quantitative estimate of drug-likeness (QED) is 0.562. The molecule has 7 nitrogen and oxygen atoms in total. The molecule has 0 amide bonds. The fraction of sp³-hybridized carbons (Fsp3) is 0.375. The summed E-state index contributed by atoms with van der Waals surface area (Å²) in [5.41, 5.74) is 2.10. The molecule has 0 unspecified atom stereocenters. The minimum atomic E-state index is -0.0600. The fourth-order valence-electron chi connectivity index (χ4n) is 2.41. The first-order valence-electron chi connectivity index (χ1n) is 7.89. The summed E-state index contributed by atoms with van der Waals surface area (Å²) in [4.78, 5) is 0. The molecule has 1 atom stereocenters. The highest BCUT2D eigenvalue weighted by Gasteiger charge is 2.30. The molecule has 4 rings (SSSR count). The minimum Gasteiger partial charge on any atom is -0.419 e. The van der Waals surface area contributed by atoms with E-state index in [1.54, 1.807) is 4.68 Å². The van der Waals surface area contributed by atoms with Crippen molar-refractivity contribution in [3.8, 4) is 11.5 Å². The Labute approximate surface area is 143 Å². The monoisotopic (exact) mass is 342 g/mol. The minimum absolute atomic E-state index is 0.0600. The van der Waals surface area contributed by atoms with Crippen LogP contribution in [0.15, 0.2) is 33.8 Å². The average molecular weight is 342 g/mol. The highest BCUT2D eigenvalue weighted by molar-refractivity contribution is 7.99. The van der Waals surface area contributed by atoms with Gasteiger partial charge in [0.2, 0.25) is 16.9 Å².